The van der Waals surface area contributed by atoms with E-state index in [4.69, 9.17) is 9.15 Å². The summed E-state index contributed by atoms with van der Waals surface area (Å²) >= 11 is 0. The van der Waals surface area contributed by atoms with Crippen molar-refractivity contribution in [3.8, 4) is 11.5 Å². The molecule has 0 bridgehead atoms. The van der Waals surface area contributed by atoms with Gasteiger partial charge in [0, 0.05) is 32.4 Å². The van der Waals surface area contributed by atoms with Crippen molar-refractivity contribution in [2.45, 2.75) is 37.7 Å². The van der Waals surface area contributed by atoms with Crippen LogP contribution in [-0.2, 0) is 27.3 Å². The summed E-state index contributed by atoms with van der Waals surface area (Å²) in [6.45, 7) is 0.462. The number of nitrogens with one attached hydrogen (secondary N) is 1. The summed E-state index contributed by atoms with van der Waals surface area (Å²) < 4.78 is 50.2. The largest absolute Gasteiger partial charge is 0.461 e. The zero-order chi connectivity index (χ0) is 28.1. The van der Waals surface area contributed by atoms with Gasteiger partial charge in [-0.1, -0.05) is 36.4 Å². The van der Waals surface area contributed by atoms with E-state index in [1.54, 1.807) is 6.20 Å². The number of hydrogen-bond donors (Lipinski definition) is 1. The number of furan rings is 1. The minimum atomic E-state index is -4.52. The third-order valence-corrected chi connectivity index (χ3v) is 7.23. The van der Waals surface area contributed by atoms with Crippen molar-refractivity contribution in [2.24, 2.45) is 5.92 Å². The number of amides is 1. The molecule has 2 aliphatic rings. The van der Waals surface area contributed by atoms with Crippen LogP contribution in [-0.4, -0.2) is 77.7 Å². The number of halogens is 3. The van der Waals surface area contributed by atoms with Crippen molar-refractivity contribution in [2.75, 3.05) is 32.7 Å². The van der Waals surface area contributed by atoms with Gasteiger partial charge in [-0.25, -0.2) is 0 Å². The van der Waals surface area contributed by atoms with Gasteiger partial charge in [0.05, 0.1) is 12.5 Å². The van der Waals surface area contributed by atoms with Gasteiger partial charge < -0.3 is 14.5 Å². The number of hydrogen-bond acceptors (Lipinski definition) is 7. The first-order chi connectivity index (χ1) is 19.2. The van der Waals surface area contributed by atoms with E-state index in [9.17, 15) is 22.8 Å². The van der Waals surface area contributed by atoms with Crippen LogP contribution >= 0.6 is 0 Å². The Labute approximate surface area is 230 Å². The second kappa shape index (κ2) is 12.2. The van der Waals surface area contributed by atoms with Gasteiger partial charge in [0.25, 0.3) is 0 Å². The normalized spacial score (nSPS) is 22.3. The number of ether oxygens (including phenoxy) is 1. The summed E-state index contributed by atoms with van der Waals surface area (Å²) in [6, 6.07) is 18.0. The summed E-state index contributed by atoms with van der Waals surface area (Å²) in [5, 5.41) is 2.04. The molecule has 2 aliphatic heterocycles. The first-order valence-corrected chi connectivity index (χ1v) is 13.3. The smallest absolute Gasteiger partial charge is 0.405 e. The molecular formula is C29H31F3N4O4. The highest BCUT2D eigenvalue weighted by Crippen LogP contribution is 2.27. The van der Waals surface area contributed by atoms with E-state index >= 15 is 0 Å². The Balaban J connectivity index is 1.23. The van der Waals surface area contributed by atoms with Crippen molar-refractivity contribution >= 4 is 11.9 Å². The molecule has 1 aromatic carbocycles. The monoisotopic (exact) mass is 556 g/mol. The topological polar surface area (TPSA) is 87.9 Å². The van der Waals surface area contributed by atoms with Crippen molar-refractivity contribution in [1.82, 2.24) is 20.1 Å². The highest BCUT2D eigenvalue weighted by Gasteiger charge is 2.40. The van der Waals surface area contributed by atoms with Crippen molar-refractivity contribution in [3.05, 3.63) is 78.2 Å². The van der Waals surface area contributed by atoms with Crippen molar-refractivity contribution < 1.29 is 31.9 Å². The Bertz CT molecular complexity index is 1290. The zero-order valence-corrected chi connectivity index (χ0v) is 21.8. The first kappa shape index (κ1) is 27.9. The fraction of sp³-hybridized carbons (Fsp3) is 0.414. The minimum absolute atomic E-state index is 0.206. The Morgan fingerprint density at radius 1 is 1.05 bits per heavy atom. The highest BCUT2D eigenvalue weighted by molar-refractivity contribution is 5.82. The summed E-state index contributed by atoms with van der Waals surface area (Å²) in [5.74, 6) is -0.00909. The fourth-order valence-corrected chi connectivity index (χ4v) is 5.28. The predicted molar refractivity (Wildman–Crippen MR) is 140 cm³/mol. The predicted octanol–water partition coefficient (Wildman–Crippen LogP) is 3.68. The van der Waals surface area contributed by atoms with E-state index in [2.05, 4.69) is 4.98 Å². The van der Waals surface area contributed by atoms with Crippen LogP contribution in [0.5, 0.6) is 0 Å². The van der Waals surface area contributed by atoms with E-state index in [1.807, 2.05) is 75.8 Å². The SMILES string of the molecule is O=C1OC(CN2CCN(Cc3ccc(-c4ccccn4)o3)C[C@H]2C(=O)NCC(F)(F)F)C[C@H]1Cc1ccccc1. The molecule has 40 heavy (non-hydrogen) atoms. The van der Waals surface area contributed by atoms with Gasteiger partial charge in [0.15, 0.2) is 5.76 Å². The zero-order valence-electron chi connectivity index (χ0n) is 21.8. The molecular weight excluding hydrogens is 525 g/mol. The number of nitrogens with zero attached hydrogens (tertiary/aromatic N) is 3. The third kappa shape index (κ3) is 7.28. The van der Waals surface area contributed by atoms with E-state index in [0.717, 1.165) is 5.56 Å². The molecule has 3 aromatic rings. The van der Waals surface area contributed by atoms with Gasteiger partial charge in [0.1, 0.15) is 30.1 Å². The second-order valence-electron chi connectivity index (χ2n) is 10.2. The van der Waals surface area contributed by atoms with Gasteiger partial charge in [-0.3, -0.25) is 24.4 Å². The molecule has 8 nitrogen and oxygen atoms in total. The van der Waals surface area contributed by atoms with Crippen LogP contribution in [0.1, 0.15) is 17.7 Å². The average molecular weight is 557 g/mol. The van der Waals surface area contributed by atoms with E-state index < -0.39 is 30.8 Å². The second-order valence-corrected chi connectivity index (χ2v) is 10.2. The highest BCUT2D eigenvalue weighted by atomic mass is 19.4. The average Bonchev–Trinajstić information content (AvgIpc) is 3.55. The number of benzene rings is 1. The molecule has 0 aliphatic carbocycles. The van der Waals surface area contributed by atoms with Crippen LogP contribution in [0.4, 0.5) is 13.2 Å². The van der Waals surface area contributed by atoms with E-state index in [-0.39, 0.29) is 25.0 Å². The Morgan fingerprint density at radius 3 is 2.60 bits per heavy atom. The number of aromatic nitrogens is 1. The lowest BCUT2D eigenvalue weighted by molar-refractivity contribution is -0.147. The number of alkyl halides is 3. The van der Waals surface area contributed by atoms with Gasteiger partial charge >= 0.3 is 12.1 Å². The molecule has 5 rings (SSSR count). The van der Waals surface area contributed by atoms with Gasteiger partial charge in [0.2, 0.25) is 5.91 Å². The van der Waals surface area contributed by atoms with E-state index in [0.29, 0.717) is 49.7 Å². The summed E-state index contributed by atoms with van der Waals surface area (Å²) in [6.07, 6.45) is -2.23. The number of carbonyl (C=O) groups is 2. The number of carbonyl (C=O) groups excluding carboxylic acids is 2. The maximum atomic E-state index is 13.0. The molecule has 1 N–H and O–H groups in total. The summed E-state index contributed by atoms with van der Waals surface area (Å²) in [7, 11) is 0. The summed E-state index contributed by atoms with van der Waals surface area (Å²) in [5.41, 5.74) is 1.73. The fourth-order valence-electron chi connectivity index (χ4n) is 5.28. The Hall–Kier alpha value is -3.70. The maximum Gasteiger partial charge on any atom is 0.405 e. The Kier molecular flexibility index (Phi) is 8.51. The van der Waals surface area contributed by atoms with Gasteiger partial charge in [-0.2, -0.15) is 13.2 Å². The molecule has 0 radical (unpaired) electrons. The maximum absolute atomic E-state index is 13.0. The molecule has 2 aromatic heterocycles. The first-order valence-electron chi connectivity index (χ1n) is 13.3. The molecule has 2 saturated heterocycles. The number of cyclic esters (lactones) is 1. The quantitative estimate of drug-likeness (QED) is 0.403. The van der Waals surface area contributed by atoms with Crippen molar-refractivity contribution in [3.63, 3.8) is 0 Å². The van der Waals surface area contributed by atoms with Crippen LogP contribution in [0.2, 0.25) is 0 Å². The minimum Gasteiger partial charge on any atom is -0.461 e. The molecule has 1 unspecified atom stereocenters. The molecule has 3 atom stereocenters. The molecule has 2 fully saturated rings. The molecule has 11 heteroatoms. The van der Waals surface area contributed by atoms with Crippen LogP contribution in [0, 0.1) is 5.92 Å². The summed E-state index contributed by atoms with van der Waals surface area (Å²) in [4.78, 5) is 33.6. The van der Waals surface area contributed by atoms with Crippen LogP contribution in [0.15, 0.2) is 71.3 Å². The van der Waals surface area contributed by atoms with Crippen molar-refractivity contribution in [1.29, 1.82) is 0 Å². The number of rotatable bonds is 9. The third-order valence-electron chi connectivity index (χ3n) is 7.23. The lowest BCUT2D eigenvalue weighted by atomic mass is 9.96. The standard InChI is InChI=1S/C29H31F3N4O4/c30-29(31,32)19-34-27(37)25-18-35(16-22-9-10-26(39-22)24-8-4-5-11-33-24)12-13-36(25)17-23-15-21(28(38)40-23)14-20-6-2-1-3-7-20/h1-11,21,23,25H,12-19H2,(H,34,37)/t21-,23?,25+/m1/s1. The molecule has 212 valence electrons. The van der Waals surface area contributed by atoms with Crippen LogP contribution in [0.3, 0.4) is 0 Å². The molecule has 1 amide bonds. The molecule has 0 saturated carbocycles. The Morgan fingerprint density at radius 2 is 1.85 bits per heavy atom. The lowest BCUT2D eigenvalue weighted by Gasteiger charge is -2.41. The number of pyridine rings is 1. The number of esters is 1. The van der Waals surface area contributed by atoms with Crippen LogP contribution in [0.25, 0.3) is 11.5 Å². The van der Waals surface area contributed by atoms with Crippen LogP contribution < -0.4 is 5.32 Å². The number of piperazine rings is 1. The van der Waals surface area contributed by atoms with Gasteiger partial charge in [-0.15, -0.1) is 0 Å². The van der Waals surface area contributed by atoms with E-state index in [1.165, 1.54) is 0 Å². The lowest BCUT2D eigenvalue weighted by Crippen LogP contribution is -2.60. The van der Waals surface area contributed by atoms with Gasteiger partial charge in [-0.05, 0) is 42.7 Å². The molecule has 4 heterocycles. The molecule has 0 spiro atoms.